The second-order valence-corrected chi connectivity index (χ2v) is 5.63. The zero-order valence-corrected chi connectivity index (χ0v) is 13.5. The molecule has 1 aliphatic rings. The third-order valence-electron chi connectivity index (χ3n) is 4.16. The monoisotopic (exact) mass is 321 g/mol. The van der Waals surface area contributed by atoms with Gasteiger partial charge < -0.3 is 9.84 Å². The molecule has 6 nitrogen and oxygen atoms in total. The number of carbonyl (C=O) groups excluding carboxylic acids is 2. The van der Waals surface area contributed by atoms with Gasteiger partial charge in [0.1, 0.15) is 6.61 Å². The minimum absolute atomic E-state index is 0.0343. The van der Waals surface area contributed by atoms with Gasteiger partial charge in [-0.1, -0.05) is 30.3 Å². The van der Waals surface area contributed by atoms with Crippen LogP contribution in [0.1, 0.15) is 25.8 Å². The lowest BCUT2D eigenvalue weighted by Crippen LogP contribution is -2.33. The molecule has 0 radical (unpaired) electrons. The topological polar surface area (TPSA) is 76.1 Å². The zero-order valence-electron chi connectivity index (χ0n) is 13.5. The van der Waals surface area contributed by atoms with E-state index in [0.29, 0.717) is 0 Å². The average molecular weight is 321 g/mol. The van der Waals surface area contributed by atoms with Gasteiger partial charge >= 0.3 is 5.97 Å². The van der Waals surface area contributed by atoms with Gasteiger partial charge in [0.2, 0.25) is 0 Å². The Balaban J connectivity index is 2.03. The second-order valence-electron chi connectivity index (χ2n) is 5.63. The SMILES string of the molecule is CCOC(=O)C[C@@H]1C(=O)N(OCc2ccccc2)[C@H](C)[C@H]1CO. The standard InChI is InChI=1S/C17H23NO5/c1-3-22-16(20)9-14-15(10-19)12(2)18(17(14)21)23-11-13-7-5-4-6-8-13/h4-8,12,14-15,19H,3,9-11H2,1-2H3/t12-,14+,15-/m1/s1. The van der Waals surface area contributed by atoms with E-state index >= 15 is 0 Å². The molecule has 3 atom stereocenters. The maximum absolute atomic E-state index is 12.5. The number of aliphatic hydroxyl groups excluding tert-OH is 1. The highest BCUT2D eigenvalue weighted by Gasteiger charge is 2.47. The molecule has 2 rings (SSSR count). The largest absolute Gasteiger partial charge is 0.466 e. The van der Waals surface area contributed by atoms with Crippen LogP contribution >= 0.6 is 0 Å². The van der Waals surface area contributed by atoms with Gasteiger partial charge in [-0.05, 0) is 19.4 Å². The van der Waals surface area contributed by atoms with Crippen LogP contribution in [0.15, 0.2) is 30.3 Å². The Hall–Kier alpha value is -1.92. The quantitative estimate of drug-likeness (QED) is 0.771. The molecule has 0 aromatic heterocycles. The van der Waals surface area contributed by atoms with Crippen molar-refractivity contribution in [2.75, 3.05) is 13.2 Å². The third-order valence-corrected chi connectivity index (χ3v) is 4.16. The lowest BCUT2D eigenvalue weighted by atomic mass is 9.89. The molecule has 1 saturated heterocycles. The third kappa shape index (κ3) is 4.09. The van der Waals surface area contributed by atoms with Crippen molar-refractivity contribution in [2.45, 2.75) is 32.9 Å². The van der Waals surface area contributed by atoms with E-state index in [9.17, 15) is 14.7 Å². The molecule has 1 aromatic carbocycles. The lowest BCUT2D eigenvalue weighted by molar-refractivity contribution is -0.196. The highest BCUT2D eigenvalue weighted by molar-refractivity contribution is 5.85. The zero-order chi connectivity index (χ0) is 16.8. The number of rotatable bonds is 7. The predicted octanol–water partition coefficient (Wildman–Crippen LogP) is 1.53. The highest BCUT2D eigenvalue weighted by atomic mass is 16.7. The van der Waals surface area contributed by atoms with Crippen molar-refractivity contribution in [1.29, 1.82) is 0 Å². The summed E-state index contributed by atoms with van der Waals surface area (Å²) in [5, 5.41) is 10.9. The van der Waals surface area contributed by atoms with Crippen molar-refractivity contribution >= 4 is 11.9 Å². The van der Waals surface area contributed by atoms with Crippen LogP contribution in [0.2, 0.25) is 0 Å². The molecule has 1 heterocycles. The van der Waals surface area contributed by atoms with Gasteiger partial charge in [0, 0.05) is 12.5 Å². The van der Waals surface area contributed by atoms with E-state index in [4.69, 9.17) is 9.57 Å². The number of nitrogens with zero attached hydrogens (tertiary/aromatic N) is 1. The van der Waals surface area contributed by atoms with Crippen molar-refractivity contribution < 1.29 is 24.3 Å². The molecule has 1 fully saturated rings. The minimum Gasteiger partial charge on any atom is -0.466 e. The van der Waals surface area contributed by atoms with Gasteiger partial charge in [0.25, 0.3) is 5.91 Å². The summed E-state index contributed by atoms with van der Waals surface area (Å²) in [6, 6.07) is 9.22. The van der Waals surface area contributed by atoms with Crippen molar-refractivity contribution in [3.05, 3.63) is 35.9 Å². The van der Waals surface area contributed by atoms with Crippen LogP contribution < -0.4 is 0 Å². The highest BCUT2D eigenvalue weighted by Crippen LogP contribution is 2.33. The van der Waals surface area contributed by atoms with E-state index in [2.05, 4.69) is 0 Å². The molecule has 1 N–H and O–H groups in total. The van der Waals surface area contributed by atoms with E-state index in [0.717, 1.165) is 5.56 Å². The van der Waals surface area contributed by atoms with Gasteiger partial charge in [-0.3, -0.25) is 14.4 Å². The number of aliphatic hydroxyl groups is 1. The van der Waals surface area contributed by atoms with Crippen LogP contribution in [0, 0.1) is 11.8 Å². The van der Waals surface area contributed by atoms with E-state index in [-0.39, 0.29) is 44.1 Å². The number of hydrogen-bond donors (Lipinski definition) is 1. The number of hydrogen-bond acceptors (Lipinski definition) is 5. The Bertz CT molecular complexity index is 533. The fourth-order valence-electron chi connectivity index (χ4n) is 2.87. The fourth-order valence-corrected chi connectivity index (χ4v) is 2.87. The second kappa shape index (κ2) is 8.08. The molecule has 0 bridgehead atoms. The first-order valence-electron chi connectivity index (χ1n) is 7.84. The number of benzene rings is 1. The number of amides is 1. The van der Waals surface area contributed by atoms with Gasteiger partial charge in [-0.2, -0.15) is 0 Å². The van der Waals surface area contributed by atoms with Crippen LogP contribution in [0.3, 0.4) is 0 Å². The van der Waals surface area contributed by atoms with Crippen LogP contribution in [-0.4, -0.2) is 41.3 Å². The molecule has 0 spiro atoms. The Morgan fingerprint density at radius 1 is 1.30 bits per heavy atom. The molecule has 1 amide bonds. The molecule has 126 valence electrons. The van der Waals surface area contributed by atoms with Crippen LogP contribution in [0.4, 0.5) is 0 Å². The summed E-state index contributed by atoms with van der Waals surface area (Å²) in [6.07, 6.45) is -0.0343. The van der Waals surface area contributed by atoms with E-state index in [1.165, 1.54) is 5.06 Å². The maximum Gasteiger partial charge on any atom is 0.306 e. The first-order chi connectivity index (χ1) is 11.1. The van der Waals surface area contributed by atoms with Gasteiger partial charge in [0.05, 0.1) is 25.0 Å². The van der Waals surface area contributed by atoms with Crippen molar-refractivity contribution in [1.82, 2.24) is 5.06 Å². The first-order valence-corrected chi connectivity index (χ1v) is 7.84. The summed E-state index contributed by atoms with van der Waals surface area (Å²) >= 11 is 0. The summed E-state index contributed by atoms with van der Waals surface area (Å²) in [6.45, 7) is 3.89. The Morgan fingerprint density at radius 2 is 2.00 bits per heavy atom. The normalized spacial score (nSPS) is 24.0. The molecular formula is C17H23NO5. The molecule has 1 aromatic rings. The smallest absolute Gasteiger partial charge is 0.306 e. The van der Waals surface area contributed by atoms with Crippen molar-refractivity contribution in [3.63, 3.8) is 0 Å². The van der Waals surface area contributed by atoms with E-state index in [1.54, 1.807) is 6.92 Å². The van der Waals surface area contributed by atoms with E-state index < -0.39 is 11.9 Å². The van der Waals surface area contributed by atoms with Gasteiger partial charge in [0.15, 0.2) is 0 Å². The Kier molecular flexibility index (Phi) is 6.12. The van der Waals surface area contributed by atoms with Crippen LogP contribution in [0.25, 0.3) is 0 Å². The Morgan fingerprint density at radius 3 is 2.61 bits per heavy atom. The molecule has 0 unspecified atom stereocenters. The summed E-state index contributed by atoms with van der Waals surface area (Å²) in [7, 11) is 0. The number of hydroxylamine groups is 2. The fraction of sp³-hybridized carbons (Fsp3) is 0.529. The van der Waals surface area contributed by atoms with Gasteiger partial charge in [-0.25, -0.2) is 5.06 Å². The van der Waals surface area contributed by atoms with E-state index in [1.807, 2.05) is 37.3 Å². The summed E-state index contributed by atoms with van der Waals surface area (Å²) in [4.78, 5) is 29.8. The van der Waals surface area contributed by atoms with Crippen molar-refractivity contribution in [3.8, 4) is 0 Å². The number of carbonyl (C=O) groups is 2. The minimum atomic E-state index is -0.607. The summed E-state index contributed by atoms with van der Waals surface area (Å²) in [5.41, 5.74) is 0.946. The van der Waals surface area contributed by atoms with Gasteiger partial charge in [-0.15, -0.1) is 0 Å². The van der Waals surface area contributed by atoms with Crippen LogP contribution in [-0.2, 0) is 25.8 Å². The maximum atomic E-state index is 12.5. The Labute approximate surface area is 135 Å². The molecular weight excluding hydrogens is 298 g/mol. The average Bonchev–Trinajstić information content (AvgIpc) is 2.77. The lowest BCUT2D eigenvalue weighted by Gasteiger charge is -2.23. The predicted molar refractivity (Wildman–Crippen MR) is 82.9 cm³/mol. The van der Waals surface area contributed by atoms with Crippen LogP contribution in [0.5, 0.6) is 0 Å². The summed E-state index contributed by atoms with van der Waals surface area (Å²) in [5.74, 6) is -1.66. The van der Waals surface area contributed by atoms with Crippen molar-refractivity contribution in [2.24, 2.45) is 11.8 Å². The molecule has 6 heteroatoms. The molecule has 23 heavy (non-hydrogen) atoms. The molecule has 0 saturated carbocycles. The number of esters is 1. The number of ether oxygens (including phenoxy) is 1. The molecule has 1 aliphatic heterocycles. The first kappa shape index (κ1) is 17.4. The molecule has 0 aliphatic carbocycles. The summed E-state index contributed by atoms with van der Waals surface area (Å²) < 4.78 is 4.91.